The second-order valence-corrected chi connectivity index (χ2v) is 3.20. The third-order valence-corrected chi connectivity index (χ3v) is 2.01. The molecule has 0 aliphatic rings. The minimum absolute atomic E-state index is 0.481. The van der Waals surface area contributed by atoms with Gasteiger partial charge >= 0.3 is 0 Å². The number of rotatable bonds is 3. The van der Waals surface area contributed by atoms with Gasteiger partial charge in [-0.2, -0.15) is 0 Å². The predicted octanol–water partition coefficient (Wildman–Crippen LogP) is 1.64. The van der Waals surface area contributed by atoms with Crippen molar-refractivity contribution in [3.63, 3.8) is 0 Å². The van der Waals surface area contributed by atoms with E-state index < -0.39 is 0 Å². The number of aromatic nitrogens is 4. The zero-order valence-electron chi connectivity index (χ0n) is 9.21. The summed E-state index contributed by atoms with van der Waals surface area (Å²) >= 11 is 0. The van der Waals surface area contributed by atoms with Crippen LogP contribution in [0.3, 0.4) is 0 Å². The van der Waals surface area contributed by atoms with Crippen molar-refractivity contribution in [2.45, 2.75) is 13.8 Å². The highest BCUT2D eigenvalue weighted by Gasteiger charge is 2.08. The highest BCUT2D eigenvalue weighted by molar-refractivity contribution is 5.63. The van der Waals surface area contributed by atoms with Crippen LogP contribution >= 0.6 is 0 Å². The average Bonchev–Trinajstić information content (AvgIpc) is 2.32. The van der Waals surface area contributed by atoms with Crippen LogP contribution in [0.1, 0.15) is 12.7 Å². The minimum atomic E-state index is 0.481. The van der Waals surface area contributed by atoms with Gasteiger partial charge in [0.2, 0.25) is 5.82 Å². The number of ether oxygens (including phenoxy) is 1. The molecule has 5 heteroatoms. The van der Waals surface area contributed by atoms with Crippen molar-refractivity contribution in [1.82, 2.24) is 20.4 Å². The number of aryl methyl sites for hydroxylation is 1. The summed E-state index contributed by atoms with van der Waals surface area (Å²) in [6.45, 7) is 4.28. The van der Waals surface area contributed by atoms with E-state index in [1.807, 2.05) is 31.2 Å². The first-order valence-electron chi connectivity index (χ1n) is 5.07. The molecule has 0 unspecified atom stereocenters. The monoisotopic (exact) mass is 216 g/mol. The van der Waals surface area contributed by atoms with E-state index in [-0.39, 0.29) is 0 Å². The molecular formula is C11H12N4O. The molecule has 0 atom stereocenters. The largest absolute Gasteiger partial charge is 0.493 e. The maximum atomic E-state index is 5.49. The Morgan fingerprint density at radius 2 is 1.75 bits per heavy atom. The normalized spacial score (nSPS) is 10.1. The Balaban J connectivity index is 2.42. The lowest BCUT2D eigenvalue weighted by Gasteiger charge is -2.07. The van der Waals surface area contributed by atoms with Crippen LogP contribution in [-0.2, 0) is 0 Å². The highest BCUT2D eigenvalue weighted by atomic mass is 16.5. The van der Waals surface area contributed by atoms with Crippen LogP contribution in [0.25, 0.3) is 11.4 Å². The molecule has 1 aromatic heterocycles. The first-order valence-corrected chi connectivity index (χ1v) is 5.07. The molecule has 0 fully saturated rings. The Labute approximate surface area is 93.5 Å². The number of benzene rings is 1. The lowest BCUT2D eigenvalue weighted by Crippen LogP contribution is -2.01. The van der Waals surface area contributed by atoms with Crippen LogP contribution in [0, 0.1) is 6.92 Å². The first kappa shape index (κ1) is 10.5. The van der Waals surface area contributed by atoms with Crippen LogP contribution in [0.5, 0.6) is 5.75 Å². The fourth-order valence-corrected chi connectivity index (χ4v) is 1.32. The summed E-state index contributed by atoms with van der Waals surface area (Å²) < 4.78 is 5.49. The molecule has 82 valence electrons. The summed E-state index contributed by atoms with van der Waals surface area (Å²) in [6.07, 6.45) is 0. The van der Waals surface area contributed by atoms with Gasteiger partial charge in [0.25, 0.3) is 0 Å². The second-order valence-electron chi connectivity index (χ2n) is 3.20. The number of para-hydroxylation sites is 1. The zero-order chi connectivity index (χ0) is 11.4. The van der Waals surface area contributed by atoms with Crippen LogP contribution in [0.4, 0.5) is 0 Å². The SMILES string of the molecule is CCOc1ccccc1-c1nnc(C)nn1. The van der Waals surface area contributed by atoms with E-state index in [1.165, 1.54) is 0 Å². The van der Waals surface area contributed by atoms with E-state index >= 15 is 0 Å². The predicted molar refractivity (Wildman–Crippen MR) is 59.0 cm³/mol. The van der Waals surface area contributed by atoms with Crippen molar-refractivity contribution < 1.29 is 4.74 Å². The smallest absolute Gasteiger partial charge is 0.207 e. The maximum absolute atomic E-state index is 5.49. The molecule has 0 amide bonds. The van der Waals surface area contributed by atoms with Gasteiger partial charge in [0, 0.05) is 0 Å². The van der Waals surface area contributed by atoms with E-state index in [1.54, 1.807) is 6.92 Å². The fraction of sp³-hybridized carbons (Fsp3) is 0.273. The highest BCUT2D eigenvalue weighted by Crippen LogP contribution is 2.25. The van der Waals surface area contributed by atoms with Crippen molar-refractivity contribution in [3.8, 4) is 17.1 Å². The zero-order valence-corrected chi connectivity index (χ0v) is 9.21. The average molecular weight is 216 g/mol. The molecule has 0 aliphatic heterocycles. The Morgan fingerprint density at radius 3 is 2.44 bits per heavy atom. The standard InChI is InChI=1S/C11H12N4O/c1-3-16-10-7-5-4-6-9(10)11-14-12-8(2)13-15-11/h4-7H,3H2,1-2H3. The van der Waals surface area contributed by atoms with Gasteiger partial charge < -0.3 is 4.74 Å². The van der Waals surface area contributed by atoms with E-state index in [0.717, 1.165) is 11.3 Å². The fourth-order valence-electron chi connectivity index (χ4n) is 1.32. The van der Waals surface area contributed by atoms with Gasteiger partial charge in [-0.05, 0) is 26.0 Å². The summed E-state index contributed by atoms with van der Waals surface area (Å²) in [6, 6.07) is 7.58. The Bertz CT molecular complexity index is 470. The van der Waals surface area contributed by atoms with E-state index in [0.29, 0.717) is 18.3 Å². The Kier molecular flexibility index (Phi) is 3.05. The van der Waals surface area contributed by atoms with E-state index in [2.05, 4.69) is 20.4 Å². The van der Waals surface area contributed by atoms with E-state index in [4.69, 9.17) is 4.74 Å². The van der Waals surface area contributed by atoms with Crippen LogP contribution in [-0.4, -0.2) is 27.0 Å². The van der Waals surface area contributed by atoms with Crippen molar-refractivity contribution in [2.24, 2.45) is 0 Å². The molecule has 16 heavy (non-hydrogen) atoms. The summed E-state index contributed by atoms with van der Waals surface area (Å²) in [5.74, 6) is 1.78. The number of hydrogen-bond donors (Lipinski definition) is 0. The van der Waals surface area contributed by atoms with Gasteiger partial charge in [-0.3, -0.25) is 0 Å². The van der Waals surface area contributed by atoms with Crippen molar-refractivity contribution in [2.75, 3.05) is 6.61 Å². The molecule has 2 rings (SSSR count). The van der Waals surface area contributed by atoms with Gasteiger partial charge in [-0.1, -0.05) is 12.1 Å². The molecule has 1 aromatic carbocycles. The molecule has 5 nitrogen and oxygen atoms in total. The molecule has 0 aliphatic carbocycles. The Hall–Kier alpha value is -2.04. The summed E-state index contributed by atoms with van der Waals surface area (Å²) in [5.41, 5.74) is 0.810. The molecule has 0 N–H and O–H groups in total. The van der Waals surface area contributed by atoms with Crippen LogP contribution < -0.4 is 4.74 Å². The quantitative estimate of drug-likeness (QED) is 0.780. The second kappa shape index (κ2) is 4.65. The lowest BCUT2D eigenvalue weighted by atomic mass is 10.2. The van der Waals surface area contributed by atoms with Gasteiger partial charge in [0.15, 0.2) is 5.82 Å². The molecule has 0 saturated carbocycles. The van der Waals surface area contributed by atoms with Crippen molar-refractivity contribution in [3.05, 3.63) is 30.1 Å². The molecule has 0 bridgehead atoms. The molecule has 2 aromatic rings. The summed E-state index contributed by atoms with van der Waals surface area (Å²) in [7, 11) is 0. The Morgan fingerprint density at radius 1 is 1.06 bits per heavy atom. The van der Waals surface area contributed by atoms with Gasteiger partial charge in [-0.15, -0.1) is 20.4 Å². The van der Waals surface area contributed by atoms with Crippen LogP contribution in [0.15, 0.2) is 24.3 Å². The van der Waals surface area contributed by atoms with Crippen LogP contribution in [0.2, 0.25) is 0 Å². The lowest BCUT2D eigenvalue weighted by molar-refractivity contribution is 0.341. The number of hydrogen-bond acceptors (Lipinski definition) is 5. The molecule has 0 saturated heterocycles. The van der Waals surface area contributed by atoms with E-state index in [9.17, 15) is 0 Å². The third kappa shape index (κ3) is 2.13. The number of nitrogens with zero attached hydrogens (tertiary/aromatic N) is 4. The van der Waals surface area contributed by atoms with Crippen molar-refractivity contribution >= 4 is 0 Å². The summed E-state index contributed by atoms with van der Waals surface area (Å²) in [5, 5.41) is 15.7. The minimum Gasteiger partial charge on any atom is -0.493 e. The molecule has 0 radical (unpaired) electrons. The summed E-state index contributed by atoms with van der Waals surface area (Å²) in [4.78, 5) is 0. The van der Waals surface area contributed by atoms with Gasteiger partial charge in [-0.25, -0.2) is 0 Å². The third-order valence-electron chi connectivity index (χ3n) is 2.01. The first-order chi connectivity index (χ1) is 7.81. The van der Waals surface area contributed by atoms with Gasteiger partial charge in [0.05, 0.1) is 12.2 Å². The maximum Gasteiger partial charge on any atom is 0.207 e. The molecular weight excluding hydrogens is 204 g/mol. The van der Waals surface area contributed by atoms with Crippen molar-refractivity contribution in [1.29, 1.82) is 0 Å². The topological polar surface area (TPSA) is 60.8 Å². The van der Waals surface area contributed by atoms with Gasteiger partial charge in [0.1, 0.15) is 5.75 Å². The molecule has 1 heterocycles. The molecule has 0 spiro atoms.